The molecule has 3 atom stereocenters. The number of nitrogens with one attached hydrogen (secondary N) is 4. The summed E-state index contributed by atoms with van der Waals surface area (Å²) in [7, 11) is 2.49. The Balaban J connectivity index is 1.11. The summed E-state index contributed by atoms with van der Waals surface area (Å²) in [5.41, 5.74) is 5.83. The van der Waals surface area contributed by atoms with Gasteiger partial charge in [0.1, 0.15) is 35.5 Å². The average Bonchev–Trinajstić information content (AvgIpc) is 4.16. The van der Waals surface area contributed by atoms with Crippen LogP contribution in [0.4, 0.5) is 14.0 Å². The number of oxazole rings is 1. The van der Waals surface area contributed by atoms with Crippen LogP contribution in [0, 0.1) is 11.7 Å². The lowest BCUT2D eigenvalue weighted by molar-refractivity contribution is -0.135. The standard InChI is InChI=1S/C49H54FN9O8/c1-8-18-57(46(61)44(27(3)4)56-49(63)65-7)26-41-51-24-35(54-41)29-16-17-37-31(20-29)22-38-43-32(50)21-30(23-40(43)67-47(59(37)38)45-55-34-13-10-11-15-39(34)66-45)33(9-2)53-28(5)36-14-12-19-58(36)42(60)25-52-48(62)64-6/h9-11,13,15-17,20-24,27,36,44,47,53H,5,8,12,14,18-19,25-26H2,1-4,6-7H3,(H,51,54)(H,52,62)(H,56,63)/b33-9-. The van der Waals surface area contributed by atoms with E-state index >= 15 is 4.39 Å². The van der Waals surface area contributed by atoms with Gasteiger partial charge < -0.3 is 49.4 Å². The molecule has 2 aliphatic heterocycles. The molecule has 0 saturated carbocycles. The highest BCUT2D eigenvalue weighted by atomic mass is 19.1. The van der Waals surface area contributed by atoms with Crippen molar-refractivity contribution in [2.24, 2.45) is 5.92 Å². The number of carbonyl (C=O) groups is 4. The van der Waals surface area contributed by atoms with E-state index in [0.29, 0.717) is 71.2 Å². The highest BCUT2D eigenvalue weighted by molar-refractivity contribution is 5.93. The number of ether oxygens (including phenoxy) is 3. The van der Waals surface area contributed by atoms with Gasteiger partial charge in [-0.2, -0.15) is 0 Å². The van der Waals surface area contributed by atoms with E-state index < -0.39 is 30.3 Å². The molecular formula is C49H54FN9O8. The van der Waals surface area contributed by atoms with E-state index in [9.17, 15) is 19.2 Å². The molecule has 2 aliphatic rings. The molecular weight excluding hydrogens is 862 g/mol. The van der Waals surface area contributed by atoms with Gasteiger partial charge in [-0.1, -0.05) is 51.6 Å². The van der Waals surface area contributed by atoms with Crippen LogP contribution in [0.5, 0.6) is 5.75 Å². The zero-order valence-electron chi connectivity index (χ0n) is 38.3. The topological polar surface area (TPSA) is 198 Å². The van der Waals surface area contributed by atoms with Crippen LogP contribution >= 0.6 is 0 Å². The molecule has 17 nitrogen and oxygen atoms in total. The summed E-state index contributed by atoms with van der Waals surface area (Å²) in [4.78, 5) is 66.7. The second kappa shape index (κ2) is 19.5. The number of aromatic nitrogens is 4. The SMILES string of the molecule is C=C(N/C(=C\C)c1cc(F)c2c(c1)OC(c1nc3ccccc3o1)n1c-2cc2cc(-c3cnc(CN(CCC)C(=O)C(NC(=O)OC)C(C)C)[nH]3)ccc21)C1CCCN1C(=O)CNC(=O)OC. The first-order valence-electron chi connectivity index (χ1n) is 22.2. The van der Waals surface area contributed by atoms with Crippen LogP contribution in [-0.2, 0) is 25.6 Å². The number of H-pyrrole nitrogens is 1. The van der Waals surface area contributed by atoms with Crippen molar-refractivity contribution in [2.45, 2.75) is 71.8 Å². The first kappa shape index (κ1) is 45.9. The van der Waals surface area contributed by atoms with Crippen molar-refractivity contribution in [3.63, 3.8) is 0 Å². The number of methoxy groups -OCH3 is 2. The Kier molecular flexibility index (Phi) is 13.3. The van der Waals surface area contributed by atoms with Crippen molar-refractivity contribution >= 4 is 51.7 Å². The zero-order valence-corrected chi connectivity index (χ0v) is 38.3. The molecule has 0 aliphatic carbocycles. The predicted octanol–water partition coefficient (Wildman–Crippen LogP) is 7.85. The van der Waals surface area contributed by atoms with Gasteiger partial charge in [0, 0.05) is 41.0 Å². The lowest BCUT2D eigenvalue weighted by atomic mass is 10.0. The number of alkyl carbamates (subject to hydrolysis) is 2. The van der Waals surface area contributed by atoms with Gasteiger partial charge >= 0.3 is 12.2 Å². The number of likely N-dealkylation sites (tertiary alicyclic amines) is 1. The molecule has 3 aromatic carbocycles. The summed E-state index contributed by atoms with van der Waals surface area (Å²) in [6, 6.07) is 17.2. The number of aromatic amines is 1. The molecule has 5 heterocycles. The molecule has 3 aromatic heterocycles. The summed E-state index contributed by atoms with van der Waals surface area (Å²) in [5, 5.41) is 9.24. The van der Waals surface area contributed by atoms with Gasteiger partial charge in [0.25, 0.3) is 12.1 Å². The Morgan fingerprint density at radius 2 is 1.87 bits per heavy atom. The maximum Gasteiger partial charge on any atom is 0.407 e. The van der Waals surface area contributed by atoms with E-state index in [2.05, 4.69) is 37.2 Å². The van der Waals surface area contributed by atoms with Crippen LogP contribution in [0.3, 0.4) is 0 Å². The number of nitrogens with zero attached hydrogens (tertiary/aromatic N) is 5. The fourth-order valence-electron chi connectivity index (χ4n) is 8.78. The minimum atomic E-state index is -0.925. The Morgan fingerprint density at radius 1 is 1.07 bits per heavy atom. The Labute approximate surface area is 386 Å². The molecule has 1 fully saturated rings. The Morgan fingerprint density at radius 3 is 2.60 bits per heavy atom. The zero-order chi connectivity index (χ0) is 47.5. The van der Waals surface area contributed by atoms with Crippen molar-refractivity contribution in [1.29, 1.82) is 0 Å². The van der Waals surface area contributed by atoms with Gasteiger partial charge in [-0.15, -0.1) is 0 Å². The first-order valence-corrected chi connectivity index (χ1v) is 22.2. The number of imidazole rings is 1. The summed E-state index contributed by atoms with van der Waals surface area (Å²) < 4.78 is 41.2. The molecule has 67 heavy (non-hydrogen) atoms. The number of allylic oxidation sites excluding steroid dienone is 1. The second-order valence-electron chi connectivity index (χ2n) is 16.8. The van der Waals surface area contributed by atoms with Gasteiger partial charge in [-0.25, -0.2) is 23.9 Å². The normalized spacial score (nSPS) is 16.0. The third-order valence-corrected chi connectivity index (χ3v) is 12.1. The van der Waals surface area contributed by atoms with E-state index in [1.807, 2.05) is 80.8 Å². The van der Waals surface area contributed by atoms with Gasteiger partial charge in [0.2, 0.25) is 11.8 Å². The molecule has 1 saturated heterocycles. The van der Waals surface area contributed by atoms with E-state index in [1.165, 1.54) is 20.3 Å². The number of rotatable bonds is 15. The number of benzene rings is 3. The van der Waals surface area contributed by atoms with Crippen LogP contribution in [0.25, 0.3) is 50.2 Å². The van der Waals surface area contributed by atoms with E-state index in [0.717, 1.165) is 22.9 Å². The number of carbonyl (C=O) groups excluding carboxylic acids is 4. The summed E-state index contributed by atoms with van der Waals surface area (Å²) in [5.74, 6) is -0.125. The predicted molar refractivity (Wildman–Crippen MR) is 249 cm³/mol. The molecule has 350 valence electrons. The molecule has 0 bridgehead atoms. The fraction of sp³-hybridized carbons (Fsp3) is 0.347. The fourth-order valence-corrected chi connectivity index (χ4v) is 8.78. The highest BCUT2D eigenvalue weighted by Crippen LogP contribution is 2.47. The van der Waals surface area contributed by atoms with Crippen LogP contribution in [0.1, 0.15) is 70.5 Å². The molecule has 6 aromatic rings. The minimum absolute atomic E-state index is 0.181. The molecule has 3 unspecified atom stereocenters. The van der Waals surface area contributed by atoms with Gasteiger partial charge in [-0.05, 0) is 74.6 Å². The maximum absolute atomic E-state index is 16.9. The number of hydrogen-bond donors (Lipinski definition) is 4. The molecule has 0 spiro atoms. The van der Waals surface area contributed by atoms with Crippen molar-refractivity contribution in [3.8, 4) is 28.3 Å². The molecule has 18 heteroatoms. The third-order valence-electron chi connectivity index (χ3n) is 12.1. The minimum Gasteiger partial charge on any atom is -0.460 e. The van der Waals surface area contributed by atoms with Crippen LogP contribution in [0.2, 0.25) is 0 Å². The highest BCUT2D eigenvalue weighted by Gasteiger charge is 2.36. The van der Waals surface area contributed by atoms with E-state index in [1.54, 1.807) is 28.1 Å². The van der Waals surface area contributed by atoms with Crippen LogP contribution in [0.15, 0.2) is 89.6 Å². The van der Waals surface area contributed by atoms with Gasteiger partial charge in [-0.3, -0.25) is 14.2 Å². The lowest BCUT2D eigenvalue weighted by Gasteiger charge is -2.30. The van der Waals surface area contributed by atoms with Crippen LogP contribution in [-0.4, -0.2) is 99.3 Å². The lowest BCUT2D eigenvalue weighted by Crippen LogP contribution is -2.51. The second-order valence-corrected chi connectivity index (χ2v) is 16.8. The van der Waals surface area contributed by atoms with Crippen molar-refractivity contribution in [3.05, 3.63) is 108 Å². The third kappa shape index (κ3) is 9.28. The van der Waals surface area contributed by atoms with Crippen LogP contribution < -0.4 is 20.7 Å². The van der Waals surface area contributed by atoms with Gasteiger partial charge in [0.05, 0.1) is 55.5 Å². The number of hydrogen-bond acceptors (Lipinski definition) is 11. The Hall–Kier alpha value is -7.63. The molecule has 8 rings (SSSR count). The van der Waals surface area contributed by atoms with Crippen molar-refractivity contribution in [2.75, 3.05) is 33.9 Å². The average molecular weight is 916 g/mol. The van der Waals surface area contributed by atoms with Crippen molar-refractivity contribution < 1.29 is 42.2 Å². The smallest absolute Gasteiger partial charge is 0.407 e. The number of fused-ring (bicyclic) bond motifs is 6. The number of amides is 4. The van der Waals surface area contributed by atoms with Crippen molar-refractivity contribution in [1.82, 2.24) is 45.3 Å². The molecule has 0 radical (unpaired) electrons. The largest absolute Gasteiger partial charge is 0.460 e. The molecule has 4 amide bonds. The molecule has 4 N–H and O–H groups in total. The quantitative estimate of drug-likeness (QED) is 0.0783. The van der Waals surface area contributed by atoms with E-state index in [4.69, 9.17) is 18.9 Å². The summed E-state index contributed by atoms with van der Waals surface area (Å²) in [6.07, 6.45) is 3.31. The van der Waals surface area contributed by atoms with E-state index in [-0.39, 0.29) is 54.1 Å². The summed E-state index contributed by atoms with van der Waals surface area (Å²) >= 11 is 0. The summed E-state index contributed by atoms with van der Waals surface area (Å²) in [6.45, 7) is 12.7. The van der Waals surface area contributed by atoms with Gasteiger partial charge in [0.15, 0.2) is 5.58 Å². The monoisotopic (exact) mass is 915 g/mol. The number of halogens is 1. The first-order chi connectivity index (χ1) is 32.3. The Bertz CT molecular complexity index is 2870. The maximum atomic E-state index is 16.9. The number of para-hydroxylation sites is 2.